The topological polar surface area (TPSA) is 83.6 Å². The molecular formula is C23H27N5O3. The summed E-state index contributed by atoms with van der Waals surface area (Å²) < 4.78 is 11.1. The number of hydrogen-bond donors (Lipinski definition) is 1. The summed E-state index contributed by atoms with van der Waals surface area (Å²) in [4.78, 5) is 21.5. The van der Waals surface area contributed by atoms with E-state index in [1.54, 1.807) is 13.3 Å². The number of amides is 1. The van der Waals surface area contributed by atoms with Crippen molar-refractivity contribution in [3.05, 3.63) is 60.4 Å². The Morgan fingerprint density at radius 2 is 2.10 bits per heavy atom. The first-order valence-electron chi connectivity index (χ1n) is 10.4. The normalized spacial score (nSPS) is 16.2. The SMILES string of the molecule is COc1ccc(N(C)CCC(=O)N2CCOC(c3cccc(-c4ccn[nH]4)n3)C2)cc1. The number of H-pyrrole nitrogens is 1. The highest BCUT2D eigenvalue weighted by atomic mass is 16.5. The number of pyridine rings is 1. The Kier molecular flexibility index (Phi) is 6.47. The fourth-order valence-corrected chi connectivity index (χ4v) is 3.62. The van der Waals surface area contributed by atoms with Gasteiger partial charge in [0.1, 0.15) is 11.9 Å². The van der Waals surface area contributed by atoms with Gasteiger partial charge in [-0.25, -0.2) is 4.98 Å². The number of carbonyl (C=O) groups excluding carboxylic acids is 1. The molecule has 0 saturated carbocycles. The first-order chi connectivity index (χ1) is 15.1. The summed E-state index contributed by atoms with van der Waals surface area (Å²) in [6, 6.07) is 15.5. The zero-order valence-electron chi connectivity index (χ0n) is 17.8. The Balaban J connectivity index is 1.35. The minimum atomic E-state index is -0.236. The summed E-state index contributed by atoms with van der Waals surface area (Å²) in [6.45, 7) is 2.24. The molecule has 8 heteroatoms. The summed E-state index contributed by atoms with van der Waals surface area (Å²) in [5.41, 5.74) is 3.53. The largest absolute Gasteiger partial charge is 0.497 e. The molecule has 1 atom stereocenters. The lowest BCUT2D eigenvalue weighted by Gasteiger charge is -2.33. The van der Waals surface area contributed by atoms with Crippen molar-refractivity contribution in [3.63, 3.8) is 0 Å². The van der Waals surface area contributed by atoms with Crippen LogP contribution in [-0.4, -0.2) is 66.4 Å². The van der Waals surface area contributed by atoms with Crippen molar-refractivity contribution in [3.8, 4) is 17.1 Å². The van der Waals surface area contributed by atoms with Crippen LogP contribution < -0.4 is 9.64 Å². The molecule has 162 valence electrons. The van der Waals surface area contributed by atoms with Gasteiger partial charge in [0.2, 0.25) is 5.91 Å². The zero-order valence-corrected chi connectivity index (χ0v) is 17.8. The van der Waals surface area contributed by atoms with Gasteiger partial charge in [0.25, 0.3) is 0 Å². The zero-order chi connectivity index (χ0) is 21.6. The Morgan fingerprint density at radius 3 is 2.84 bits per heavy atom. The maximum atomic E-state index is 12.9. The minimum Gasteiger partial charge on any atom is -0.497 e. The molecule has 1 aliphatic rings. The van der Waals surface area contributed by atoms with Gasteiger partial charge in [-0.1, -0.05) is 6.07 Å². The number of methoxy groups -OCH3 is 1. The van der Waals surface area contributed by atoms with Gasteiger partial charge in [0.15, 0.2) is 0 Å². The average Bonchev–Trinajstić information content (AvgIpc) is 3.38. The lowest BCUT2D eigenvalue weighted by Crippen LogP contribution is -2.43. The molecule has 1 amide bonds. The van der Waals surface area contributed by atoms with Crippen molar-refractivity contribution < 1.29 is 14.3 Å². The smallest absolute Gasteiger partial charge is 0.224 e. The molecule has 8 nitrogen and oxygen atoms in total. The van der Waals surface area contributed by atoms with E-state index < -0.39 is 0 Å². The molecule has 1 saturated heterocycles. The van der Waals surface area contributed by atoms with Gasteiger partial charge in [-0.3, -0.25) is 9.89 Å². The average molecular weight is 422 g/mol. The molecule has 1 unspecified atom stereocenters. The van der Waals surface area contributed by atoms with Crippen LogP contribution in [-0.2, 0) is 9.53 Å². The molecule has 1 aromatic carbocycles. The van der Waals surface area contributed by atoms with E-state index >= 15 is 0 Å². The molecule has 31 heavy (non-hydrogen) atoms. The summed E-state index contributed by atoms with van der Waals surface area (Å²) in [5.74, 6) is 0.941. The third-order valence-electron chi connectivity index (χ3n) is 5.47. The standard InChI is InChI=1S/C23H27N5O3/c1-27(17-6-8-18(30-2)9-7-17)13-11-23(29)28-14-15-31-22(16-28)21-5-3-4-19(25-21)20-10-12-24-26-20/h3-10,12,22H,11,13-16H2,1-2H3,(H,24,26). The molecule has 1 aliphatic heterocycles. The number of anilines is 1. The number of nitrogens with zero attached hydrogens (tertiary/aromatic N) is 4. The van der Waals surface area contributed by atoms with Crippen LogP contribution in [0.3, 0.4) is 0 Å². The summed E-state index contributed by atoms with van der Waals surface area (Å²) >= 11 is 0. The second-order valence-corrected chi connectivity index (χ2v) is 7.49. The highest BCUT2D eigenvalue weighted by molar-refractivity contribution is 5.77. The van der Waals surface area contributed by atoms with E-state index in [1.807, 2.05) is 60.5 Å². The lowest BCUT2D eigenvalue weighted by atomic mass is 10.1. The Morgan fingerprint density at radius 1 is 1.26 bits per heavy atom. The number of carbonyl (C=O) groups is 1. The number of ether oxygens (including phenoxy) is 2. The van der Waals surface area contributed by atoms with Crippen LogP contribution in [0.2, 0.25) is 0 Å². The van der Waals surface area contributed by atoms with Crippen LogP contribution in [0.4, 0.5) is 5.69 Å². The number of benzene rings is 1. The van der Waals surface area contributed by atoms with Crippen LogP contribution in [0.15, 0.2) is 54.7 Å². The second kappa shape index (κ2) is 9.61. The molecule has 0 radical (unpaired) electrons. The van der Waals surface area contributed by atoms with Crippen LogP contribution in [0.1, 0.15) is 18.2 Å². The Bertz CT molecular complexity index is 991. The number of aromatic nitrogens is 3. The molecule has 3 aromatic rings. The van der Waals surface area contributed by atoms with E-state index in [4.69, 9.17) is 14.5 Å². The van der Waals surface area contributed by atoms with Crippen LogP contribution >= 0.6 is 0 Å². The van der Waals surface area contributed by atoms with Crippen molar-refractivity contribution >= 4 is 11.6 Å². The van der Waals surface area contributed by atoms with E-state index in [0.717, 1.165) is 28.5 Å². The monoisotopic (exact) mass is 421 g/mol. The van der Waals surface area contributed by atoms with E-state index in [2.05, 4.69) is 15.1 Å². The molecule has 0 spiro atoms. The molecule has 0 aliphatic carbocycles. The van der Waals surface area contributed by atoms with Crippen LogP contribution in [0.5, 0.6) is 5.75 Å². The molecular weight excluding hydrogens is 394 g/mol. The molecule has 4 rings (SSSR count). The summed E-state index contributed by atoms with van der Waals surface area (Å²) in [7, 11) is 3.64. The number of morpholine rings is 1. The van der Waals surface area contributed by atoms with Gasteiger partial charge in [0.05, 0.1) is 37.3 Å². The van der Waals surface area contributed by atoms with E-state index in [9.17, 15) is 4.79 Å². The maximum absolute atomic E-state index is 12.9. The Labute approximate surface area is 181 Å². The highest BCUT2D eigenvalue weighted by Gasteiger charge is 2.26. The lowest BCUT2D eigenvalue weighted by molar-refractivity contribution is -0.138. The van der Waals surface area contributed by atoms with E-state index in [-0.39, 0.29) is 12.0 Å². The number of rotatable bonds is 7. The maximum Gasteiger partial charge on any atom is 0.224 e. The number of nitrogens with one attached hydrogen (secondary N) is 1. The van der Waals surface area contributed by atoms with Gasteiger partial charge >= 0.3 is 0 Å². The number of hydrogen-bond acceptors (Lipinski definition) is 6. The van der Waals surface area contributed by atoms with E-state index in [0.29, 0.717) is 32.7 Å². The minimum absolute atomic E-state index is 0.124. The quantitative estimate of drug-likeness (QED) is 0.632. The molecule has 1 N–H and O–H groups in total. The fraction of sp³-hybridized carbons (Fsp3) is 0.348. The van der Waals surface area contributed by atoms with Gasteiger partial charge in [-0.15, -0.1) is 0 Å². The predicted octanol–water partition coefficient (Wildman–Crippen LogP) is 2.91. The van der Waals surface area contributed by atoms with Crippen molar-refractivity contribution in [2.24, 2.45) is 0 Å². The van der Waals surface area contributed by atoms with Gasteiger partial charge in [-0.2, -0.15) is 5.10 Å². The Hall–Kier alpha value is -3.39. The second-order valence-electron chi connectivity index (χ2n) is 7.49. The molecule has 0 bridgehead atoms. The third-order valence-corrected chi connectivity index (χ3v) is 5.47. The molecule has 3 heterocycles. The van der Waals surface area contributed by atoms with Crippen molar-refractivity contribution in [2.45, 2.75) is 12.5 Å². The highest BCUT2D eigenvalue weighted by Crippen LogP contribution is 2.24. The number of aromatic amines is 1. The first kappa shape index (κ1) is 20.9. The van der Waals surface area contributed by atoms with Crippen molar-refractivity contribution in [1.29, 1.82) is 0 Å². The third kappa shape index (κ3) is 5.03. The predicted molar refractivity (Wildman–Crippen MR) is 118 cm³/mol. The van der Waals surface area contributed by atoms with Crippen LogP contribution in [0, 0.1) is 0 Å². The van der Waals surface area contributed by atoms with Crippen LogP contribution in [0.25, 0.3) is 11.4 Å². The molecule has 1 fully saturated rings. The van der Waals surface area contributed by atoms with Crippen molar-refractivity contribution in [2.75, 3.05) is 45.3 Å². The summed E-state index contributed by atoms with van der Waals surface area (Å²) in [6.07, 6.45) is 1.90. The molecule has 2 aromatic heterocycles. The van der Waals surface area contributed by atoms with E-state index in [1.165, 1.54) is 0 Å². The first-order valence-corrected chi connectivity index (χ1v) is 10.4. The fourth-order valence-electron chi connectivity index (χ4n) is 3.62. The van der Waals surface area contributed by atoms with Gasteiger partial charge in [-0.05, 0) is 42.5 Å². The van der Waals surface area contributed by atoms with Gasteiger partial charge < -0.3 is 19.3 Å². The summed E-state index contributed by atoms with van der Waals surface area (Å²) in [5, 5.41) is 6.91. The van der Waals surface area contributed by atoms with Gasteiger partial charge in [0, 0.05) is 38.4 Å². The van der Waals surface area contributed by atoms with Crippen molar-refractivity contribution in [1.82, 2.24) is 20.1 Å².